The molecule has 0 aliphatic rings. The monoisotopic (exact) mass is 338 g/mol. The summed E-state index contributed by atoms with van der Waals surface area (Å²) in [4.78, 5) is 4.40. The standard InChI is InChI=1S/C15H16BrFN2O/c1-3-11-6-10(9-18-2)7-15(19-11)20-12-4-5-13(16)14(17)8-12/h4-8,18H,3,9H2,1-2H3. The van der Waals surface area contributed by atoms with Crippen molar-refractivity contribution in [1.82, 2.24) is 10.3 Å². The van der Waals surface area contributed by atoms with Crippen LogP contribution in [0.2, 0.25) is 0 Å². The van der Waals surface area contributed by atoms with Gasteiger partial charge in [0, 0.05) is 24.4 Å². The summed E-state index contributed by atoms with van der Waals surface area (Å²) < 4.78 is 19.5. The predicted octanol–water partition coefficient (Wildman–Crippen LogP) is 4.06. The molecular weight excluding hydrogens is 323 g/mol. The number of hydrogen-bond acceptors (Lipinski definition) is 3. The molecule has 0 atom stereocenters. The topological polar surface area (TPSA) is 34.1 Å². The van der Waals surface area contributed by atoms with Crippen molar-refractivity contribution in [3.05, 3.63) is 51.9 Å². The number of hydrogen-bond donors (Lipinski definition) is 1. The fourth-order valence-corrected chi connectivity index (χ4v) is 2.07. The maximum atomic E-state index is 13.5. The first-order valence-corrected chi connectivity index (χ1v) is 7.19. The Bertz CT molecular complexity index is 604. The normalized spacial score (nSPS) is 10.6. The lowest BCUT2D eigenvalue weighted by Crippen LogP contribution is -2.06. The van der Waals surface area contributed by atoms with Gasteiger partial charge in [-0.15, -0.1) is 0 Å². The van der Waals surface area contributed by atoms with Gasteiger partial charge in [-0.2, -0.15) is 0 Å². The van der Waals surface area contributed by atoms with Gasteiger partial charge in [0.25, 0.3) is 0 Å². The van der Waals surface area contributed by atoms with Crippen molar-refractivity contribution < 1.29 is 9.13 Å². The first-order valence-electron chi connectivity index (χ1n) is 6.39. The van der Waals surface area contributed by atoms with Crippen LogP contribution < -0.4 is 10.1 Å². The Labute approximate surface area is 126 Å². The summed E-state index contributed by atoms with van der Waals surface area (Å²) >= 11 is 3.12. The molecule has 0 aliphatic heterocycles. The van der Waals surface area contributed by atoms with Crippen LogP contribution in [0, 0.1) is 5.82 Å². The fourth-order valence-electron chi connectivity index (χ4n) is 1.82. The number of benzene rings is 1. The molecule has 20 heavy (non-hydrogen) atoms. The van der Waals surface area contributed by atoms with E-state index < -0.39 is 0 Å². The van der Waals surface area contributed by atoms with Gasteiger partial charge in [-0.25, -0.2) is 9.37 Å². The van der Waals surface area contributed by atoms with E-state index in [1.54, 1.807) is 12.1 Å². The summed E-state index contributed by atoms with van der Waals surface area (Å²) in [5.74, 6) is 0.558. The summed E-state index contributed by atoms with van der Waals surface area (Å²) in [6.07, 6.45) is 0.822. The molecule has 0 unspecified atom stereocenters. The Balaban J connectivity index is 2.27. The molecule has 1 heterocycles. The number of nitrogens with zero attached hydrogens (tertiary/aromatic N) is 1. The summed E-state index contributed by atoms with van der Waals surface area (Å²) in [6, 6.07) is 8.54. The zero-order chi connectivity index (χ0) is 14.5. The molecule has 5 heteroatoms. The SMILES string of the molecule is CCc1cc(CNC)cc(Oc2ccc(Br)c(F)c2)n1. The maximum Gasteiger partial charge on any atom is 0.219 e. The van der Waals surface area contributed by atoms with Gasteiger partial charge in [-0.05, 0) is 53.2 Å². The molecule has 0 fully saturated rings. The minimum absolute atomic E-state index is 0.357. The number of ether oxygens (including phenoxy) is 1. The van der Waals surface area contributed by atoms with Crippen molar-refractivity contribution in [2.75, 3.05) is 7.05 Å². The largest absolute Gasteiger partial charge is 0.439 e. The van der Waals surface area contributed by atoms with E-state index in [1.807, 2.05) is 26.1 Å². The lowest BCUT2D eigenvalue weighted by Gasteiger charge is -2.09. The van der Waals surface area contributed by atoms with Gasteiger partial charge in [0.15, 0.2) is 0 Å². The molecular formula is C15H16BrFN2O. The molecule has 0 bridgehead atoms. The highest BCUT2D eigenvalue weighted by molar-refractivity contribution is 9.10. The third-order valence-corrected chi connectivity index (χ3v) is 3.41. The van der Waals surface area contributed by atoms with Crippen LogP contribution in [0.15, 0.2) is 34.8 Å². The van der Waals surface area contributed by atoms with E-state index in [2.05, 4.69) is 26.2 Å². The number of halogens is 2. The van der Waals surface area contributed by atoms with Gasteiger partial charge in [0.05, 0.1) is 4.47 Å². The van der Waals surface area contributed by atoms with Crippen molar-refractivity contribution in [2.45, 2.75) is 19.9 Å². The molecule has 0 saturated carbocycles. The van der Waals surface area contributed by atoms with E-state index in [-0.39, 0.29) is 5.82 Å². The predicted molar refractivity (Wildman–Crippen MR) is 80.6 cm³/mol. The smallest absolute Gasteiger partial charge is 0.219 e. The number of aryl methyl sites for hydroxylation is 1. The summed E-state index contributed by atoms with van der Waals surface area (Å²) in [5.41, 5.74) is 2.04. The van der Waals surface area contributed by atoms with Gasteiger partial charge < -0.3 is 10.1 Å². The van der Waals surface area contributed by atoms with Crippen LogP contribution in [0.25, 0.3) is 0 Å². The lowest BCUT2D eigenvalue weighted by molar-refractivity contribution is 0.454. The van der Waals surface area contributed by atoms with Crippen molar-refractivity contribution >= 4 is 15.9 Å². The van der Waals surface area contributed by atoms with Crippen molar-refractivity contribution in [3.63, 3.8) is 0 Å². The van der Waals surface area contributed by atoms with E-state index in [9.17, 15) is 4.39 Å². The third-order valence-electron chi connectivity index (χ3n) is 2.77. The van der Waals surface area contributed by atoms with Crippen molar-refractivity contribution in [2.24, 2.45) is 0 Å². The molecule has 3 nitrogen and oxygen atoms in total. The van der Waals surface area contributed by atoms with Gasteiger partial charge in [0.1, 0.15) is 11.6 Å². The van der Waals surface area contributed by atoms with Crippen molar-refractivity contribution in [3.8, 4) is 11.6 Å². The average Bonchev–Trinajstić information content (AvgIpc) is 2.43. The lowest BCUT2D eigenvalue weighted by atomic mass is 10.2. The van der Waals surface area contributed by atoms with E-state index in [0.29, 0.717) is 16.1 Å². The zero-order valence-electron chi connectivity index (χ0n) is 11.4. The number of aromatic nitrogens is 1. The molecule has 2 aromatic rings. The first-order chi connectivity index (χ1) is 9.62. The Morgan fingerprint density at radius 1 is 1.30 bits per heavy atom. The van der Waals surface area contributed by atoms with Crippen LogP contribution in [-0.4, -0.2) is 12.0 Å². The molecule has 0 spiro atoms. The van der Waals surface area contributed by atoms with E-state index in [0.717, 1.165) is 24.2 Å². The second kappa shape index (κ2) is 6.81. The molecule has 0 radical (unpaired) electrons. The molecule has 0 aliphatic carbocycles. The second-order valence-corrected chi connectivity index (χ2v) is 5.22. The Hall–Kier alpha value is -1.46. The van der Waals surface area contributed by atoms with Gasteiger partial charge in [-0.1, -0.05) is 6.92 Å². The fraction of sp³-hybridized carbons (Fsp3) is 0.267. The minimum Gasteiger partial charge on any atom is -0.439 e. The van der Waals surface area contributed by atoms with Crippen LogP contribution in [-0.2, 0) is 13.0 Å². The quantitative estimate of drug-likeness (QED) is 0.892. The number of pyridine rings is 1. The molecule has 0 saturated heterocycles. The van der Waals surface area contributed by atoms with E-state index >= 15 is 0 Å². The summed E-state index contributed by atoms with van der Waals surface area (Å²) in [7, 11) is 1.89. The highest BCUT2D eigenvalue weighted by atomic mass is 79.9. The van der Waals surface area contributed by atoms with Crippen LogP contribution in [0.3, 0.4) is 0 Å². The van der Waals surface area contributed by atoms with Gasteiger partial charge in [-0.3, -0.25) is 0 Å². The Kier molecular flexibility index (Phi) is 5.09. The van der Waals surface area contributed by atoms with Gasteiger partial charge in [0.2, 0.25) is 5.88 Å². The molecule has 1 aromatic carbocycles. The maximum absolute atomic E-state index is 13.5. The number of rotatable bonds is 5. The summed E-state index contributed by atoms with van der Waals surface area (Å²) in [6.45, 7) is 2.77. The summed E-state index contributed by atoms with van der Waals surface area (Å²) in [5, 5.41) is 3.09. The first kappa shape index (κ1) is 14.9. The third kappa shape index (κ3) is 3.77. The molecule has 0 amide bonds. The molecule has 2 rings (SSSR count). The second-order valence-electron chi connectivity index (χ2n) is 4.37. The highest BCUT2D eigenvalue weighted by Gasteiger charge is 2.06. The number of nitrogens with one attached hydrogen (secondary N) is 1. The van der Waals surface area contributed by atoms with E-state index in [1.165, 1.54) is 6.07 Å². The highest BCUT2D eigenvalue weighted by Crippen LogP contribution is 2.25. The zero-order valence-corrected chi connectivity index (χ0v) is 13.0. The Morgan fingerprint density at radius 3 is 2.75 bits per heavy atom. The molecule has 1 N–H and O–H groups in total. The Morgan fingerprint density at radius 2 is 2.10 bits per heavy atom. The van der Waals surface area contributed by atoms with E-state index in [4.69, 9.17) is 4.74 Å². The van der Waals surface area contributed by atoms with Crippen molar-refractivity contribution in [1.29, 1.82) is 0 Å². The average molecular weight is 339 g/mol. The van der Waals surface area contributed by atoms with Crippen LogP contribution in [0.4, 0.5) is 4.39 Å². The van der Waals surface area contributed by atoms with Gasteiger partial charge >= 0.3 is 0 Å². The van der Waals surface area contributed by atoms with Crippen LogP contribution in [0.1, 0.15) is 18.2 Å². The van der Waals surface area contributed by atoms with Crippen LogP contribution in [0.5, 0.6) is 11.6 Å². The molecule has 106 valence electrons. The molecule has 1 aromatic heterocycles. The van der Waals surface area contributed by atoms with Crippen LogP contribution >= 0.6 is 15.9 Å². The minimum atomic E-state index is -0.357.